The number of nitrogens with zero attached hydrogens (tertiary/aromatic N) is 3. The zero-order valence-electron chi connectivity index (χ0n) is 11.9. The van der Waals surface area contributed by atoms with Crippen LogP contribution in [0.5, 0.6) is 6.01 Å². The van der Waals surface area contributed by atoms with Gasteiger partial charge in [-0.05, 0) is 32.3 Å². The first-order valence-corrected chi connectivity index (χ1v) is 7.22. The van der Waals surface area contributed by atoms with Crippen molar-refractivity contribution in [2.45, 2.75) is 45.6 Å². The van der Waals surface area contributed by atoms with E-state index >= 15 is 0 Å². The van der Waals surface area contributed by atoms with Gasteiger partial charge in [0.05, 0.1) is 6.61 Å². The third kappa shape index (κ3) is 2.17. The Hall–Kier alpha value is -1.91. The van der Waals surface area contributed by atoms with Gasteiger partial charge in [-0.3, -0.25) is 9.36 Å². The molecule has 1 saturated carbocycles. The Morgan fingerprint density at radius 2 is 2.15 bits per heavy atom. The molecule has 0 atom stereocenters. The van der Waals surface area contributed by atoms with Gasteiger partial charge < -0.3 is 4.74 Å². The number of hydrogen-bond donors (Lipinski definition) is 0. The van der Waals surface area contributed by atoms with Crippen LogP contribution in [-0.4, -0.2) is 21.1 Å². The van der Waals surface area contributed by atoms with Crippen LogP contribution in [0.1, 0.15) is 44.2 Å². The van der Waals surface area contributed by atoms with Crippen molar-refractivity contribution in [2.24, 2.45) is 0 Å². The van der Waals surface area contributed by atoms with E-state index in [2.05, 4.69) is 9.97 Å². The van der Waals surface area contributed by atoms with E-state index in [1.807, 2.05) is 18.4 Å². The minimum Gasteiger partial charge on any atom is -0.464 e. The highest BCUT2D eigenvalue weighted by Gasteiger charge is 2.21. The fraction of sp³-hybridized carbons (Fsp3) is 0.533. The van der Waals surface area contributed by atoms with Gasteiger partial charge in [0.2, 0.25) is 0 Å². The second kappa shape index (κ2) is 5.23. The van der Waals surface area contributed by atoms with Crippen molar-refractivity contribution in [3.8, 4) is 6.01 Å². The van der Waals surface area contributed by atoms with Crippen LogP contribution >= 0.6 is 0 Å². The van der Waals surface area contributed by atoms with Gasteiger partial charge in [-0.1, -0.05) is 12.8 Å². The maximum atomic E-state index is 12.4. The van der Waals surface area contributed by atoms with Crippen LogP contribution in [0, 0.1) is 6.92 Å². The molecule has 0 aliphatic heterocycles. The fourth-order valence-corrected chi connectivity index (χ4v) is 2.97. The molecule has 5 heteroatoms. The summed E-state index contributed by atoms with van der Waals surface area (Å²) in [6.07, 6.45) is 6.21. The number of rotatable bonds is 3. The molecule has 106 valence electrons. The van der Waals surface area contributed by atoms with Crippen molar-refractivity contribution < 1.29 is 4.74 Å². The quantitative estimate of drug-likeness (QED) is 0.862. The van der Waals surface area contributed by atoms with Crippen LogP contribution in [0.4, 0.5) is 0 Å². The van der Waals surface area contributed by atoms with Crippen LogP contribution in [0.3, 0.4) is 0 Å². The van der Waals surface area contributed by atoms with Gasteiger partial charge in [0.25, 0.3) is 5.56 Å². The van der Waals surface area contributed by atoms with Crippen LogP contribution in [0.15, 0.2) is 17.1 Å². The summed E-state index contributed by atoms with van der Waals surface area (Å²) >= 11 is 0. The van der Waals surface area contributed by atoms with Crippen LogP contribution < -0.4 is 10.3 Å². The van der Waals surface area contributed by atoms with Gasteiger partial charge in [0.1, 0.15) is 0 Å². The molecule has 2 heterocycles. The van der Waals surface area contributed by atoms with Gasteiger partial charge in [0.15, 0.2) is 5.65 Å². The van der Waals surface area contributed by atoms with Gasteiger partial charge in [-0.15, -0.1) is 0 Å². The van der Waals surface area contributed by atoms with Crippen molar-refractivity contribution in [3.63, 3.8) is 0 Å². The smallest absolute Gasteiger partial charge is 0.318 e. The summed E-state index contributed by atoms with van der Waals surface area (Å²) in [6.45, 7) is 4.34. The Labute approximate surface area is 117 Å². The van der Waals surface area contributed by atoms with Crippen molar-refractivity contribution in [1.82, 2.24) is 14.5 Å². The Balaban J connectivity index is 2.24. The average molecular weight is 273 g/mol. The lowest BCUT2D eigenvalue weighted by atomic mass is 10.1. The third-order valence-electron chi connectivity index (χ3n) is 3.94. The Bertz CT molecular complexity index is 687. The van der Waals surface area contributed by atoms with Crippen LogP contribution in [0.25, 0.3) is 11.0 Å². The molecule has 1 aliphatic carbocycles. The van der Waals surface area contributed by atoms with E-state index in [4.69, 9.17) is 4.74 Å². The first kappa shape index (κ1) is 13.1. The van der Waals surface area contributed by atoms with Gasteiger partial charge >= 0.3 is 6.01 Å². The summed E-state index contributed by atoms with van der Waals surface area (Å²) < 4.78 is 7.21. The molecule has 0 N–H and O–H groups in total. The van der Waals surface area contributed by atoms with Crippen molar-refractivity contribution >= 4 is 11.0 Å². The van der Waals surface area contributed by atoms with E-state index in [1.165, 1.54) is 12.8 Å². The van der Waals surface area contributed by atoms with E-state index in [0.29, 0.717) is 18.3 Å². The van der Waals surface area contributed by atoms with E-state index in [0.717, 1.165) is 23.8 Å². The minimum absolute atomic E-state index is 0.0306. The second-order valence-corrected chi connectivity index (χ2v) is 5.30. The lowest BCUT2D eigenvalue weighted by Gasteiger charge is -2.17. The maximum Gasteiger partial charge on any atom is 0.318 e. The largest absolute Gasteiger partial charge is 0.464 e. The summed E-state index contributed by atoms with van der Waals surface area (Å²) in [5, 5.41) is 0.931. The first-order valence-electron chi connectivity index (χ1n) is 7.22. The number of pyridine rings is 1. The van der Waals surface area contributed by atoms with E-state index in [1.54, 1.807) is 12.3 Å². The molecule has 0 unspecified atom stereocenters. The highest BCUT2D eigenvalue weighted by Crippen LogP contribution is 2.30. The SMILES string of the molecule is CCOc1ncc2c(C)cc(=O)n(C3CCCC3)c2n1. The predicted molar refractivity (Wildman–Crippen MR) is 77.2 cm³/mol. The first-order chi connectivity index (χ1) is 9.70. The van der Waals surface area contributed by atoms with Crippen molar-refractivity contribution in [2.75, 3.05) is 6.61 Å². The molecule has 0 bridgehead atoms. The molecule has 2 aromatic heterocycles. The molecule has 0 radical (unpaired) electrons. The standard InChI is InChI=1S/C15H19N3O2/c1-3-20-15-16-9-12-10(2)8-13(19)18(14(12)17-15)11-6-4-5-7-11/h8-9,11H,3-7H2,1-2H3. The van der Waals surface area contributed by atoms with Gasteiger partial charge in [-0.2, -0.15) is 4.98 Å². The van der Waals surface area contributed by atoms with E-state index in [9.17, 15) is 4.79 Å². The zero-order valence-corrected chi connectivity index (χ0v) is 11.9. The number of fused-ring (bicyclic) bond motifs is 1. The van der Waals surface area contributed by atoms with Crippen molar-refractivity contribution in [1.29, 1.82) is 0 Å². The summed E-state index contributed by atoms with van der Waals surface area (Å²) in [4.78, 5) is 21.0. The van der Waals surface area contributed by atoms with Gasteiger partial charge in [0, 0.05) is 23.7 Å². The van der Waals surface area contributed by atoms with Crippen LogP contribution in [-0.2, 0) is 0 Å². The summed E-state index contributed by atoms with van der Waals surface area (Å²) in [6, 6.07) is 2.29. The van der Waals surface area contributed by atoms with Crippen LogP contribution in [0.2, 0.25) is 0 Å². The topological polar surface area (TPSA) is 57.0 Å². The lowest BCUT2D eigenvalue weighted by molar-refractivity contribution is 0.313. The van der Waals surface area contributed by atoms with E-state index in [-0.39, 0.29) is 11.6 Å². The third-order valence-corrected chi connectivity index (χ3v) is 3.94. The number of hydrogen-bond acceptors (Lipinski definition) is 4. The average Bonchev–Trinajstić information content (AvgIpc) is 2.92. The number of ether oxygens (including phenoxy) is 1. The Morgan fingerprint density at radius 1 is 1.40 bits per heavy atom. The van der Waals surface area contributed by atoms with Gasteiger partial charge in [-0.25, -0.2) is 4.98 Å². The van der Waals surface area contributed by atoms with Crippen molar-refractivity contribution in [3.05, 3.63) is 28.2 Å². The monoisotopic (exact) mass is 273 g/mol. The molecular formula is C15H19N3O2. The fourth-order valence-electron chi connectivity index (χ4n) is 2.97. The predicted octanol–water partition coefficient (Wildman–Crippen LogP) is 2.61. The summed E-state index contributed by atoms with van der Waals surface area (Å²) in [5.41, 5.74) is 1.66. The lowest BCUT2D eigenvalue weighted by Crippen LogP contribution is -2.24. The Kier molecular flexibility index (Phi) is 3.42. The highest BCUT2D eigenvalue weighted by atomic mass is 16.5. The molecule has 20 heavy (non-hydrogen) atoms. The minimum atomic E-state index is 0.0306. The Morgan fingerprint density at radius 3 is 2.85 bits per heavy atom. The molecule has 1 aliphatic rings. The molecule has 0 saturated heterocycles. The highest BCUT2D eigenvalue weighted by molar-refractivity contribution is 5.78. The number of aryl methyl sites for hydroxylation is 1. The normalized spacial score (nSPS) is 15.9. The summed E-state index contributed by atoms with van der Waals surface area (Å²) in [5.74, 6) is 0. The molecule has 0 spiro atoms. The summed E-state index contributed by atoms with van der Waals surface area (Å²) in [7, 11) is 0. The molecule has 2 aromatic rings. The number of aromatic nitrogens is 3. The molecule has 0 aromatic carbocycles. The zero-order chi connectivity index (χ0) is 14.1. The molecule has 0 amide bonds. The molecule has 1 fully saturated rings. The van der Waals surface area contributed by atoms with E-state index < -0.39 is 0 Å². The molecule has 5 nitrogen and oxygen atoms in total. The maximum absolute atomic E-state index is 12.4. The second-order valence-electron chi connectivity index (χ2n) is 5.30. The molecule has 3 rings (SSSR count). The molecular weight excluding hydrogens is 254 g/mol.